The highest BCUT2D eigenvalue weighted by molar-refractivity contribution is 14.1. The Balaban J connectivity index is 1.58. The molecule has 0 radical (unpaired) electrons. The molecule has 6 rings (SSSR count). The van der Waals surface area contributed by atoms with Gasteiger partial charge in [-0.3, -0.25) is 9.59 Å². The van der Waals surface area contributed by atoms with Crippen LogP contribution in [-0.2, 0) is 16.1 Å². The van der Waals surface area contributed by atoms with Crippen LogP contribution in [0.4, 0.5) is 0 Å². The van der Waals surface area contributed by atoms with E-state index in [1.807, 2.05) is 40.8 Å². The molecule has 1 aliphatic heterocycles. The monoisotopic (exact) mass is 623 g/mol. The number of aliphatic hydroxyl groups excluding tert-OH is 1. The molecule has 2 aliphatic carbocycles. The summed E-state index contributed by atoms with van der Waals surface area (Å²) in [6.45, 7) is -0.0000654. The Morgan fingerprint density at radius 1 is 0.974 bits per heavy atom. The van der Waals surface area contributed by atoms with Crippen molar-refractivity contribution >= 4 is 34.2 Å². The van der Waals surface area contributed by atoms with E-state index in [0.29, 0.717) is 31.7 Å². The second-order valence-corrected chi connectivity index (χ2v) is 10.4. The van der Waals surface area contributed by atoms with E-state index in [9.17, 15) is 24.3 Å². The van der Waals surface area contributed by atoms with Crippen LogP contribution in [0.1, 0.15) is 23.9 Å². The molecular formula is C28H22IN3O6. The quantitative estimate of drug-likeness (QED) is 0.266. The van der Waals surface area contributed by atoms with Crippen molar-refractivity contribution in [1.29, 1.82) is 0 Å². The first-order valence-corrected chi connectivity index (χ1v) is 13.2. The van der Waals surface area contributed by atoms with Gasteiger partial charge in [-0.1, -0.05) is 42.5 Å². The Morgan fingerprint density at radius 3 is 2.47 bits per heavy atom. The van der Waals surface area contributed by atoms with Gasteiger partial charge in [-0.15, -0.1) is 0 Å². The smallest absolute Gasteiger partial charge is 0.352 e. The molecule has 3 aromatic rings. The Bertz CT molecular complexity index is 1710. The third-order valence-corrected chi connectivity index (χ3v) is 8.00. The second-order valence-electron chi connectivity index (χ2n) is 9.21. The van der Waals surface area contributed by atoms with E-state index in [1.54, 1.807) is 42.5 Å². The number of carbonyl (C=O) groups excluding carboxylic acids is 2. The van der Waals surface area contributed by atoms with Gasteiger partial charge in [0.25, 0.3) is 0 Å². The van der Waals surface area contributed by atoms with Gasteiger partial charge in [0, 0.05) is 35.1 Å². The lowest BCUT2D eigenvalue weighted by Crippen LogP contribution is -2.40. The first-order valence-electron chi connectivity index (χ1n) is 12.1. The Kier molecular flexibility index (Phi) is 6.15. The fraction of sp³-hybridized carbons (Fsp3) is 0.214. The molecule has 38 heavy (non-hydrogen) atoms. The molecule has 9 nitrogen and oxygen atoms in total. The fourth-order valence-electron chi connectivity index (χ4n) is 5.63. The van der Waals surface area contributed by atoms with Crippen molar-refractivity contribution in [3.63, 3.8) is 0 Å². The van der Waals surface area contributed by atoms with Crippen molar-refractivity contribution < 1.29 is 19.4 Å². The zero-order valence-corrected chi connectivity index (χ0v) is 22.2. The molecule has 0 saturated carbocycles. The van der Waals surface area contributed by atoms with Crippen molar-refractivity contribution in [2.75, 3.05) is 13.2 Å². The van der Waals surface area contributed by atoms with Gasteiger partial charge in [0.2, 0.25) is 0 Å². The minimum Gasteiger partial charge on any atom is -0.491 e. The first kappa shape index (κ1) is 24.6. The summed E-state index contributed by atoms with van der Waals surface area (Å²) >= 11 is 1.88. The number of hydrogen-bond donors (Lipinski definition) is 1. The van der Waals surface area contributed by atoms with E-state index in [2.05, 4.69) is 0 Å². The van der Waals surface area contributed by atoms with Gasteiger partial charge < -0.3 is 9.84 Å². The molecule has 1 N–H and O–H groups in total. The maximum atomic E-state index is 13.7. The number of ether oxygens (including phenoxy) is 1. The highest BCUT2D eigenvalue weighted by atomic mass is 127. The number of aromatic nitrogens is 3. The molecule has 0 amide bonds. The number of hydrogen-bond acceptors (Lipinski definition) is 6. The normalized spacial score (nSPS) is 20.4. The van der Waals surface area contributed by atoms with E-state index in [4.69, 9.17) is 4.74 Å². The number of nitrogens with zero attached hydrogens (tertiary/aromatic N) is 3. The van der Waals surface area contributed by atoms with Crippen molar-refractivity contribution in [3.8, 4) is 11.4 Å². The maximum absolute atomic E-state index is 13.7. The summed E-state index contributed by atoms with van der Waals surface area (Å²) in [6, 6.07) is 15.2. The number of carbonyl (C=O) groups is 2. The molecule has 2 heterocycles. The van der Waals surface area contributed by atoms with Crippen LogP contribution < -0.4 is 16.1 Å². The van der Waals surface area contributed by atoms with Crippen LogP contribution in [0.3, 0.4) is 0 Å². The molecular weight excluding hydrogens is 601 g/mol. The number of Topliss-reactive ketones (excluding diaryl/α,β-unsaturated/α-hetero) is 1. The fourth-order valence-corrected chi connectivity index (χ4v) is 6.20. The standard InChI is InChI=1S/C28H22IN3O6/c29-20-15-22(34)19-14-21-17(24(25(19)26(20)35)18-8-4-5-9-23(18)38-13-12-33)10-11-30-27(36)31(28(37)32(21)30)16-6-2-1-3-7-16/h1-10,15,21,24,33H,11-14H2/t21-,24-/m1/s1. The third-order valence-electron chi connectivity index (χ3n) is 7.19. The molecule has 1 aromatic heterocycles. The van der Waals surface area contributed by atoms with Gasteiger partial charge in [-0.2, -0.15) is 0 Å². The number of ketones is 2. The average molecular weight is 623 g/mol. The van der Waals surface area contributed by atoms with Crippen molar-refractivity contribution in [2.24, 2.45) is 0 Å². The van der Waals surface area contributed by atoms with Gasteiger partial charge in [-0.25, -0.2) is 23.5 Å². The van der Waals surface area contributed by atoms with Crippen LogP contribution in [0.15, 0.2) is 96.6 Å². The minimum atomic E-state index is -0.663. The van der Waals surface area contributed by atoms with Crippen LogP contribution in [0, 0.1) is 0 Å². The van der Waals surface area contributed by atoms with Crippen LogP contribution in [0.2, 0.25) is 0 Å². The van der Waals surface area contributed by atoms with Gasteiger partial charge in [0.15, 0.2) is 11.6 Å². The van der Waals surface area contributed by atoms with Gasteiger partial charge in [0.1, 0.15) is 12.4 Å². The van der Waals surface area contributed by atoms with Gasteiger partial charge in [0.05, 0.1) is 28.5 Å². The lowest BCUT2D eigenvalue weighted by atomic mass is 9.68. The Hall–Kier alpha value is -3.77. The highest BCUT2D eigenvalue weighted by Crippen LogP contribution is 2.51. The first-order chi connectivity index (χ1) is 18.4. The van der Waals surface area contributed by atoms with E-state index >= 15 is 0 Å². The summed E-state index contributed by atoms with van der Waals surface area (Å²) in [6.07, 6.45) is 3.32. The molecule has 192 valence electrons. The van der Waals surface area contributed by atoms with Crippen molar-refractivity contribution in [1.82, 2.24) is 13.9 Å². The number of para-hydroxylation sites is 2. The number of fused-ring (bicyclic) bond motifs is 3. The van der Waals surface area contributed by atoms with Crippen LogP contribution in [-0.4, -0.2) is 43.8 Å². The maximum Gasteiger partial charge on any atom is 0.352 e. The number of rotatable bonds is 5. The molecule has 2 aromatic carbocycles. The van der Waals surface area contributed by atoms with Crippen molar-refractivity contribution in [3.05, 3.63) is 114 Å². The summed E-state index contributed by atoms with van der Waals surface area (Å²) in [5, 5.41) is 9.35. The molecule has 3 aliphatic rings. The van der Waals surface area contributed by atoms with E-state index < -0.39 is 23.3 Å². The van der Waals surface area contributed by atoms with Gasteiger partial charge >= 0.3 is 11.4 Å². The number of aliphatic hydroxyl groups is 1. The number of benzene rings is 2. The molecule has 2 atom stereocenters. The summed E-state index contributed by atoms with van der Waals surface area (Å²) in [5.41, 5.74) is 1.58. The number of halogens is 1. The molecule has 0 fully saturated rings. The molecule has 0 saturated heterocycles. The highest BCUT2D eigenvalue weighted by Gasteiger charge is 2.45. The largest absolute Gasteiger partial charge is 0.491 e. The SMILES string of the molecule is O=C1C=C(I)C(=O)C2=C1C[C@@H]1C(=CCn3c(=O)n(-c4ccccc4)c(=O)n31)[C@@H]2c1ccccc1OCCO. The second kappa shape index (κ2) is 9.52. The molecule has 0 unspecified atom stereocenters. The zero-order valence-electron chi connectivity index (χ0n) is 20.0. The predicted molar refractivity (Wildman–Crippen MR) is 147 cm³/mol. The van der Waals surface area contributed by atoms with E-state index in [1.165, 1.54) is 15.4 Å². The molecule has 0 bridgehead atoms. The van der Waals surface area contributed by atoms with Crippen LogP contribution in [0.25, 0.3) is 5.69 Å². The Morgan fingerprint density at radius 2 is 1.71 bits per heavy atom. The number of allylic oxidation sites excluding steroid dienone is 6. The van der Waals surface area contributed by atoms with Gasteiger partial charge in [-0.05, 0) is 46.4 Å². The third kappa shape index (κ3) is 3.70. The van der Waals surface area contributed by atoms with Crippen LogP contribution in [0.5, 0.6) is 5.75 Å². The van der Waals surface area contributed by atoms with E-state index in [0.717, 1.165) is 10.1 Å². The summed E-state index contributed by atoms with van der Waals surface area (Å²) < 4.78 is 10.1. The topological polar surface area (TPSA) is 113 Å². The Labute approximate surface area is 230 Å². The van der Waals surface area contributed by atoms with Crippen molar-refractivity contribution in [2.45, 2.75) is 24.9 Å². The zero-order chi connectivity index (χ0) is 26.6. The lowest BCUT2D eigenvalue weighted by molar-refractivity contribution is -0.115. The predicted octanol–water partition coefficient (Wildman–Crippen LogP) is 2.61. The summed E-state index contributed by atoms with van der Waals surface area (Å²) in [4.78, 5) is 53.9. The minimum absolute atomic E-state index is 0.0569. The molecule has 0 spiro atoms. The van der Waals surface area contributed by atoms with Crippen LogP contribution >= 0.6 is 22.6 Å². The summed E-state index contributed by atoms with van der Waals surface area (Å²) in [7, 11) is 0. The molecule has 10 heteroatoms. The average Bonchev–Trinajstić information content (AvgIpc) is 3.19. The summed E-state index contributed by atoms with van der Waals surface area (Å²) in [5.74, 6) is -0.707. The lowest BCUT2D eigenvalue weighted by Gasteiger charge is -2.39. The van der Waals surface area contributed by atoms with E-state index in [-0.39, 0.29) is 37.7 Å².